The quantitative estimate of drug-likeness (QED) is 0.0791. The van der Waals surface area contributed by atoms with Crippen LogP contribution in [0.4, 0.5) is 5.95 Å². The van der Waals surface area contributed by atoms with E-state index in [1.165, 1.54) is 56.3 Å². The van der Waals surface area contributed by atoms with Gasteiger partial charge in [-0.15, -0.1) is 0 Å². The number of aromatic hydroxyl groups is 2. The number of hydrogen-bond acceptors (Lipinski definition) is 16. The second-order valence-electron chi connectivity index (χ2n) is 12.9. The van der Waals surface area contributed by atoms with Crippen molar-refractivity contribution in [2.24, 2.45) is 5.73 Å². The number of aromatic nitrogens is 2. The van der Waals surface area contributed by atoms with Crippen LogP contribution >= 0.6 is 0 Å². The van der Waals surface area contributed by atoms with E-state index in [-0.39, 0.29) is 59.9 Å². The molecule has 7 atom stereocenters. The van der Waals surface area contributed by atoms with E-state index in [1.54, 1.807) is 6.92 Å². The molecule has 7 N–H and O–H groups in total. The van der Waals surface area contributed by atoms with Crippen LogP contribution in [0.5, 0.6) is 17.2 Å². The fraction of sp³-hybridized carbons (Fsp3) is 0.471. The summed E-state index contributed by atoms with van der Waals surface area (Å²) >= 11 is 0. The van der Waals surface area contributed by atoms with Crippen molar-refractivity contribution in [1.29, 1.82) is 0 Å². The van der Waals surface area contributed by atoms with Gasteiger partial charge in [-0.05, 0) is 24.8 Å². The number of benzene rings is 2. The van der Waals surface area contributed by atoms with Crippen LogP contribution in [0.25, 0.3) is 0 Å². The molecule has 1 saturated heterocycles. The Labute approximate surface area is 296 Å². The molecule has 3 aromatic rings. The molecule has 2 heterocycles. The van der Waals surface area contributed by atoms with Crippen LogP contribution in [0, 0.1) is 10.1 Å². The standard InChI is InChI=1S/C27H29NO10.C7H11N3O4/c1-10-22(30)14(28)7-17(37-10)38-16-9-27(35,11(2)29)8-13-19(16)26(34)21-20(24(13)32)23(31)12-5-4-6-15(36-3)18(12)25(21)33;1-14-5-6(11)4-9-3-2-8-7(9)10(12)13/h4-6,10,14,16-17,22,30,32,34-35H,7-9,28H2,1-3H3;2-3,6,11H,4-5H2,1H3/t10-,14-,16-,17-,22+,27-;/m0./s1. The summed E-state index contributed by atoms with van der Waals surface area (Å²) in [6, 6.07) is 3.75. The van der Waals surface area contributed by atoms with Crippen LogP contribution in [0.3, 0.4) is 0 Å². The van der Waals surface area contributed by atoms with Gasteiger partial charge in [0.15, 0.2) is 17.9 Å². The fourth-order valence-corrected chi connectivity index (χ4v) is 6.75. The SMILES string of the molecule is COCC(O)Cn1ccnc1[N+](=O)[O-].COc1cccc2c1C(=O)c1c(O)c3c(c(O)c1C2=O)C[C@@](O)(C(C)=O)C[C@@H]3O[C@H]1C[C@H](N)[C@H](O)[C@H](C)O1. The molecule has 0 amide bonds. The normalized spacial score (nSPS) is 25.6. The van der Waals surface area contributed by atoms with Crippen LogP contribution in [0.1, 0.15) is 75.8 Å². The van der Waals surface area contributed by atoms with Crippen molar-refractivity contribution in [1.82, 2.24) is 9.55 Å². The largest absolute Gasteiger partial charge is 0.507 e. The summed E-state index contributed by atoms with van der Waals surface area (Å²) in [5.41, 5.74) is 2.97. The topological polar surface area (TPSA) is 276 Å². The number of rotatable bonds is 9. The highest BCUT2D eigenvalue weighted by atomic mass is 16.7. The third-order valence-electron chi connectivity index (χ3n) is 9.42. The molecule has 280 valence electrons. The number of Topliss-reactive ketones (excluding diaryl/α,β-unsaturated/α-hetero) is 1. The molecule has 1 unspecified atom stereocenters. The number of methoxy groups -OCH3 is 2. The summed E-state index contributed by atoms with van der Waals surface area (Å²) < 4.78 is 23.0. The van der Waals surface area contributed by atoms with Gasteiger partial charge in [-0.2, -0.15) is 0 Å². The van der Waals surface area contributed by atoms with E-state index in [0.29, 0.717) is 0 Å². The van der Waals surface area contributed by atoms with Gasteiger partial charge >= 0.3 is 5.95 Å². The number of carbonyl (C=O) groups is 3. The number of fused-ring (bicyclic) bond motifs is 3. The second-order valence-corrected chi connectivity index (χ2v) is 12.9. The molecule has 3 aliphatic rings. The van der Waals surface area contributed by atoms with E-state index in [9.17, 15) is 50.0 Å². The first-order valence-corrected chi connectivity index (χ1v) is 16.2. The Kier molecular flexibility index (Phi) is 11.1. The highest BCUT2D eigenvalue weighted by Gasteiger charge is 2.49. The monoisotopic (exact) mass is 728 g/mol. The Morgan fingerprint density at radius 2 is 1.88 bits per heavy atom. The molecule has 2 aliphatic carbocycles. The van der Waals surface area contributed by atoms with Crippen LogP contribution < -0.4 is 10.5 Å². The Morgan fingerprint density at radius 1 is 1.19 bits per heavy atom. The predicted molar refractivity (Wildman–Crippen MR) is 177 cm³/mol. The predicted octanol–water partition coefficient (Wildman–Crippen LogP) is 0.828. The van der Waals surface area contributed by atoms with Crippen molar-refractivity contribution in [2.45, 2.75) is 82.0 Å². The Balaban J connectivity index is 0.000000314. The highest BCUT2D eigenvalue weighted by Crippen LogP contribution is 2.52. The Hall–Kier alpha value is -4.82. The number of aliphatic hydroxyl groups excluding tert-OH is 2. The molecule has 0 radical (unpaired) electrons. The molecule has 0 bridgehead atoms. The number of hydrogen-bond donors (Lipinski definition) is 6. The van der Waals surface area contributed by atoms with E-state index in [4.69, 9.17) is 24.7 Å². The lowest BCUT2D eigenvalue weighted by Gasteiger charge is -2.42. The minimum Gasteiger partial charge on any atom is -0.507 e. The molecule has 18 nitrogen and oxygen atoms in total. The van der Waals surface area contributed by atoms with E-state index >= 15 is 0 Å². The summed E-state index contributed by atoms with van der Waals surface area (Å²) in [7, 11) is 2.79. The zero-order chi connectivity index (χ0) is 38.2. The van der Waals surface area contributed by atoms with Gasteiger partial charge in [0, 0.05) is 49.1 Å². The molecule has 6 rings (SSSR count). The van der Waals surface area contributed by atoms with Crippen LogP contribution in [0.2, 0.25) is 0 Å². The Morgan fingerprint density at radius 3 is 2.50 bits per heavy atom. The first-order valence-electron chi connectivity index (χ1n) is 16.2. The van der Waals surface area contributed by atoms with Gasteiger partial charge in [0.05, 0.1) is 55.3 Å². The van der Waals surface area contributed by atoms with Gasteiger partial charge in [0.25, 0.3) is 0 Å². The van der Waals surface area contributed by atoms with Gasteiger partial charge in [-0.3, -0.25) is 14.4 Å². The number of phenols is 2. The molecule has 0 saturated carbocycles. The van der Waals surface area contributed by atoms with Crippen molar-refractivity contribution in [3.8, 4) is 17.2 Å². The summed E-state index contributed by atoms with van der Waals surface area (Å²) in [5.74, 6) is -3.46. The average molecular weight is 729 g/mol. The average Bonchev–Trinajstić information content (AvgIpc) is 3.55. The number of ether oxygens (including phenoxy) is 4. The minimum atomic E-state index is -2.00. The summed E-state index contributed by atoms with van der Waals surface area (Å²) in [6.45, 7) is 3.02. The lowest BCUT2D eigenvalue weighted by Crippen LogP contribution is -2.52. The van der Waals surface area contributed by atoms with Crippen LogP contribution in [0.15, 0.2) is 30.6 Å². The first kappa shape index (κ1) is 38.4. The molecular weight excluding hydrogens is 688 g/mol. The van der Waals surface area contributed by atoms with E-state index in [0.717, 1.165) is 0 Å². The van der Waals surface area contributed by atoms with Crippen molar-refractivity contribution in [3.05, 3.63) is 74.1 Å². The second kappa shape index (κ2) is 15.0. The lowest BCUT2D eigenvalue weighted by atomic mass is 9.72. The molecule has 52 heavy (non-hydrogen) atoms. The summed E-state index contributed by atoms with van der Waals surface area (Å²) in [6.07, 6.45) is -2.54. The van der Waals surface area contributed by atoms with Gasteiger partial charge in [0.1, 0.15) is 41.3 Å². The molecule has 1 fully saturated rings. The fourth-order valence-electron chi connectivity index (χ4n) is 6.75. The molecule has 18 heteroatoms. The number of nitrogens with zero attached hydrogens (tertiary/aromatic N) is 3. The summed E-state index contributed by atoms with van der Waals surface area (Å²) in [5, 5.41) is 63.9. The summed E-state index contributed by atoms with van der Waals surface area (Å²) in [4.78, 5) is 53.0. The number of ketones is 3. The van der Waals surface area contributed by atoms with Crippen molar-refractivity contribution in [3.63, 3.8) is 0 Å². The maximum atomic E-state index is 13.6. The van der Waals surface area contributed by atoms with E-state index < -0.39 is 93.7 Å². The zero-order valence-electron chi connectivity index (χ0n) is 28.7. The van der Waals surface area contributed by atoms with Crippen molar-refractivity contribution < 1.29 is 63.8 Å². The van der Waals surface area contributed by atoms with Crippen molar-refractivity contribution in [2.75, 3.05) is 20.8 Å². The number of nitro groups is 1. The smallest absolute Gasteiger partial charge is 0.434 e. The minimum absolute atomic E-state index is 0.0147. The Bertz CT molecular complexity index is 1880. The maximum Gasteiger partial charge on any atom is 0.434 e. The number of nitrogens with two attached hydrogens (primary N) is 1. The number of imidazole rings is 1. The van der Waals surface area contributed by atoms with Crippen molar-refractivity contribution >= 4 is 23.3 Å². The number of phenolic OH excluding ortho intramolecular Hbond substituents is 2. The molecule has 1 aliphatic heterocycles. The van der Waals surface area contributed by atoms with Crippen LogP contribution in [-0.2, 0) is 32.0 Å². The third kappa shape index (κ3) is 7.01. The van der Waals surface area contributed by atoms with Gasteiger partial charge < -0.3 is 60.3 Å². The lowest BCUT2D eigenvalue weighted by molar-refractivity contribution is -0.397. The molecule has 0 spiro atoms. The number of aliphatic hydroxyl groups is 3. The van der Waals surface area contributed by atoms with Crippen LogP contribution in [-0.4, -0.2) is 114 Å². The van der Waals surface area contributed by atoms with Gasteiger partial charge in [-0.25, -0.2) is 4.57 Å². The molecule has 1 aromatic heterocycles. The first-order chi connectivity index (χ1) is 24.5. The maximum absolute atomic E-state index is 13.6. The highest BCUT2D eigenvalue weighted by molar-refractivity contribution is 6.31. The van der Waals surface area contributed by atoms with E-state index in [1.807, 2.05) is 0 Å². The van der Waals surface area contributed by atoms with E-state index in [2.05, 4.69) is 4.98 Å². The van der Waals surface area contributed by atoms with Gasteiger partial charge in [-0.1, -0.05) is 17.1 Å². The third-order valence-corrected chi connectivity index (χ3v) is 9.42. The molecular formula is C34H40N4O14. The number of carbonyl (C=O) groups excluding carboxylic acids is 3. The molecule has 2 aromatic carbocycles. The van der Waals surface area contributed by atoms with Gasteiger partial charge in [0.2, 0.25) is 5.78 Å². The zero-order valence-corrected chi connectivity index (χ0v) is 28.7.